The molecule has 0 bridgehead atoms. The van der Waals surface area contributed by atoms with Gasteiger partial charge in [0.15, 0.2) is 0 Å². The van der Waals surface area contributed by atoms with E-state index in [1.807, 2.05) is 6.07 Å². The molecule has 0 atom stereocenters. The number of ether oxygens (including phenoxy) is 1. The number of nitrogen functional groups attached to an aromatic ring is 2. The van der Waals surface area contributed by atoms with Crippen LogP contribution in [-0.2, 0) is 11.3 Å². The van der Waals surface area contributed by atoms with Crippen LogP contribution in [0.25, 0.3) is 11.3 Å². The fraction of sp³-hybridized carbons (Fsp3) is 0.353. The first-order valence-electron chi connectivity index (χ1n) is 7.82. The van der Waals surface area contributed by atoms with E-state index in [1.165, 1.54) is 12.1 Å². The van der Waals surface area contributed by atoms with Gasteiger partial charge >= 0.3 is 0 Å². The molecule has 0 spiro atoms. The van der Waals surface area contributed by atoms with Gasteiger partial charge < -0.3 is 16.2 Å². The van der Waals surface area contributed by atoms with Crippen molar-refractivity contribution in [2.75, 3.05) is 11.5 Å². The minimum Gasteiger partial charge on any atom is -0.382 e. The van der Waals surface area contributed by atoms with Crippen LogP contribution in [0, 0.1) is 17.1 Å². The van der Waals surface area contributed by atoms with E-state index >= 15 is 0 Å². The van der Waals surface area contributed by atoms with E-state index in [9.17, 15) is 9.65 Å². The molecule has 2 aromatic rings. The Labute approximate surface area is 139 Å². The van der Waals surface area contributed by atoms with Gasteiger partial charge in [-0.1, -0.05) is 12.8 Å². The van der Waals surface area contributed by atoms with Crippen molar-refractivity contribution < 1.29 is 9.13 Å². The molecule has 6 nitrogen and oxygen atoms in total. The van der Waals surface area contributed by atoms with Gasteiger partial charge in [-0.2, -0.15) is 10.2 Å². The van der Waals surface area contributed by atoms with Gasteiger partial charge in [-0.25, -0.2) is 9.37 Å². The molecular formula is C17H18FN5O. The van der Waals surface area contributed by atoms with E-state index in [0.29, 0.717) is 16.8 Å². The maximum Gasteiger partial charge on any atom is 0.222 e. The van der Waals surface area contributed by atoms with Gasteiger partial charge in [0.05, 0.1) is 18.4 Å². The highest BCUT2D eigenvalue weighted by Gasteiger charge is 2.19. The standard InChI is InChI=1S/C17H18FN5O/c18-11-5-6-13(10(7-11)9-24-12-3-1-2-4-12)15-14(8-19)16(20)23-17(21)22-15/h5-7,12H,1-4,9H2,(H4,20,21,22,23). The largest absolute Gasteiger partial charge is 0.382 e. The third-order valence-corrected chi connectivity index (χ3v) is 4.17. The Morgan fingerprint density at radius 2 is 2.00 bits per heavy atom. The lowest BCUT2D eigenvalue weighted by atomic mass is 10.0. The molecular weight excluding hydrogens is 309 g/mol. The first kappa shape index (κ1) is 16.1. The lowest BCUT2D eigenvalue weighted by Gasteiger charge is -2.15. The van der Waals surface area contributed by atoms with Crippen LogP contribution in [0.4, 0.5) is 16.2 Å². The van der Waals surface area contributed by atoms with Gasteiger partial charge in [0.2, 0.25) is 5.95 Å². The second kappa shape index (κ2) is 6.81. The summed E-state index contributed by atoms with van der Waals surface area (Å²) in [6.07, 6.45) is 4.52. The molecule has 1 aromatic carbocycles. The summed E-state index contributed by atoms with van der Waals surface area (Å²) in [5.41, 5.74) is 13.0. The molecule has 124 valence electrons. The van der Waals surface area contributed by atoms with E-state index in [-0.39, 0.29) is 35.9 Å². The topological polar surface area (TPSA) is 111 Å². The summed E-state index contributed by atoms with van der Waals surface area (Å²) in [5, 5.41) is 9.34. The molecule has 1 aromatic heterocycles. The zero-order valence-corrected chi connectivity index (χ0v) is 13.1. The Bertz CT molecular complexity index is 796. The number of nitriles is 1. The number of nitrogens with two attached hydrogens (primary N) is 2. The summed E-state index contributed by atoms with van der Waals surface area (Å²) in [5.74, 6) is -0.405. The van der Waals surface area contributed by atoms with E-state index in [4.69, 9.17) is 16.2 Å². The van der Waals surface area contributed by atoms with Crippen LogP contribution in [0.1, 0.15) is 36.8 Å². The summed E-state index contributed by atoms with van der Waals surface area (Å²) >= 11 is 0. The number of halogens is 1. The molecule has 7 heteroatoms. The second-order valence-electron chi connectivity index (χ2n) is 5.82. The highest BCUT2D eigenvalue weighted by molar-refractivity contribution is 5.75. The molecule has 1 heterocycles. The van der Waals surface area contributed by atoms with Crippen LogP contribution in [0.15, 0.2) is 18.2 Å². The Hall–Kier alpha value is -2.72. The number of rotatable bonds is 4. The molecule has 0 amide bonds. The van der Waals surface area contributed by atoms with Crippen LogP contribution in [0.3, 0.4) is 0 Å². The molecule has 1 aliphatic rings. The quantitative estimate of drug-likeness (QED) is 0.893. The molecule has 0 unspecified atom stereocenters. The van der Waals surface area contributed by atoms with Crippen molar-refractivity contribution in [3.8, 4) is 17.3 Å². The molecule has 1 fully saturated rings. The van der Waals surface area contributed by atoms with Crippen LogP contribution in [0.5, 0.6) is 0 Å². The maximum atomic E-state index is 13.7. The number of aromatic nitrogens is 2. The van der Waals surface area contributed by atoms with Crippen LogP contribution in [-0.4, -0.2) is 16.1 Å². The molecule has 3 rings (SSSR count). The molecule has 0 aliphatic heterocycles. The van der Waals surface area contributed by atoms with Crippen molar-refractivity contribution >= 4 is 11.8 Å². The molecule has 0 radical (unpaired) electrons. The maximum absolute atomic E-state index is 13.7. The van der Waals surface area contributed by atoms with Crippen LogP contribution in [0.2, 0.25) is 0 Å². The summed E-state index contributed by atoms with van der Waals surface area (Å²) in [6.45, 7) is 0.243. The van der Waals surface area contributed by atoms with Gasteiger partial charge in [-0.3, -0.25) is 0 Å². The zero-order chi connectivity index (χ0) is 17.1. The molecule has 4 N–H and O–H groups in total. The third-order valence-electron chi connectivity index (χ3n) is 4.17. The molecule has 0 saturated heterocycles. The van der Waals surface area contributed by atoms with E-state index < -0.39 is 0 Å². The highest BCUT2D eigenvalue weighted by Crippen LogP contribution is 2.30. The number of nitrogens with zero attached hydrogens (tertiary/aromatic N) is 3. The summed E-state index contributed by atoms with van der Waals surface area (Å²) in [4.78, 5) is 7.93. The summed E-state index contributed by atoms with van der Waals surface area (Å²) in [7, 11) is 0. The monoisotopic (exact) mass is 327 g/mol. The zero-order valence-electron chi connectivity index (χ0n) is 13.1. The highest BCUT2D eigenvalue weighted by atomic mass is 19.1. The third kappa shape index (κ3) is 3.29. The number of benzene rings is 1. The summed E-state index contributed by atoms with van der Waals surface area (Å²) in [6, 6.07) is 6.25. The van der Waals surface area contributed by atoms with Crippen molar-refractivity contribution in [3.05, 3.63) is 35.1 Å². The second-order valence-corrected chi connectivity index (χ2v) is 5.82. The Morgan fingerprint density at radius 3 is 2.71 bits per heavy atom. The SMILES string of the molecule is N#Cc1c(N)nc(N)nc1-c1ccc(F)cc1COC1CCCC1. The minimum atomic E-state index is -0.378. The van der Waals surface area contributed by atoms with Crippen molar-refractivity contribution in [1.29, 1.82) is 5.26 Å². The fourth-order valence-electron chi connectivity index (χ4n) is 2.98. The first-order chi connectivity index (χ1) is 11.6. The summed E-state index contributed by atoms with van der Waals surface area (Å²) < 4.78 is 19.6. The van der Waals surface area contributed by atoms with E-state index in [1.54, 1.807) is 6.07 Å². The Morgan fingerprint density at radius 1 is 1.25 bits per heavy atom. The van der Waals surface area contributed by atoms with Crippen LogP contribution < -0.4 is 11.5 Å². The lowest BCUT2D eigenvalue weighted by Crippen LogP contribution is -2.09. The van der Waals surface area contributed by atoms with Gasteiger partial charge in [-0.15, -0.1) is 0 Å². The number of hydrogen-bond donors (Lipinski definition) is 2. The van der Waals surface area contributed by atoms with Gasteiger partial charge in [0, 0.05) is 5.56 Å². The van der Waals surface area contributed by atoms with Gasteiger partial charge in [0.25, 0.3) is 0 Å². The Balaban J connectivity index is 2.00. The molecule has 24 heavy (non-hydrogen) atoms. The average molecular weight is 327 g/mol. The fourth-order valence-corrected chi connectivity index (χ4v) is 2.98. The van der Waals surface area contributed by atoms with Crippen molar-refractivity contribution in [3.63, 3.8) is 0 Å². The first-order valence-corrected chi connectivity index (χ1v) is 7.82. The number of anilines is 2. The predicted molar refractivity (Wildman–Crippen MR) is 88.0 cm³/mol. The van der Waals surface area contributed by atoms with Crippen LogP contribution >= 0.6 is 0 Å². The van der Waals surface area contributed by atoms with Gasteiger partial charge in [-0.05, 0) is 36.6 Å². The predicted octanol–water partition coefficient (Wildman–Crippen LogP) is 2.78. The van der Waals surface area contributed by atoms with E-state index in [2.05, 4.69) is 9.97 Å². The molecule has 1 aliphatic carbocycles. The van der Waals surface area contributed by atoms with Crippen molar-refractivity contribution in [2.24, 2.45) is 0 Å². The lowest BCUT2D eigenvalue weighted by molar-refractivity contribution is 0.0458. The molecule has 1 saturated carbocycles. The van der Waals surface area contributed by atoms with E-state index in [0.717, 1.165) is 25.7 Å². The minimum absolute atomic E-state index is 0.00647. The average Bonchev–Trinajstić information content (AvgIpc) is 3.06. The smallest absolute Gasteiger partial charge is 0.222 e. The number of hydrogen-bond acceptors (Lipinski definition) is 6. The normalized spacial score (nSPS) is 14.7. The van der Waals surface area contributed by atoms with Gasteiger partial charge in [0.1, 0.15) is 23.3 Å². The Kier molecular flexibility index (Phi) is 4.58. The van der Waals surface area contributed by atoms with Crippen molar-refractivity contribution in [1.82, 2.24) is 9.97 Å². The van der Waals surface area contributed by atoms with Crippen molar-refractivity contribution in [2.45, 2.75) is 38.4 Å².